The van der Waals surface area contributed by atoms with Gasteiger partial charge in [0.25, 0.3) is 5.91 Å². The lowest BCUT2D eigenvalue weighted by atomic mass is 10.2. The van der Waals surface area contributed by atoms with Crippen molar-refractivity contribution in [3.63, 3.8) is 0 Å². The van der Waals surface area contributed by atoms with Crippen LogP contribution >= 0.6 is 39.1 Å². The van der Waals surface area contributed by atoms with Gasteiger partial charge in [0.1, 0.15) is 12.4 Å². The van der Waals surface area contributed by atoms with E-state index in [1.807, 2.05) is 5.43 Å². The van der Waals surface area contributed by atoms with Crippen molar-refractivity contribution in [2.24, 2.45) is 5.84 Å². The van der Waals surface area contributed by atoms with Gasteiger partial charge in [-0.25, -0.2) is 5.84 Å². The molecule has 0 saturated heterocycles. The van der Waals surface area contributed by atoms with Gasteiger partial charge < -0.3 is 9.15 Å². The maximum atomic E-state index is 11.5. The average Bonchev–Trinajstić information content (AvgIpc) is 2.89. The summed E-state index contributed by atoms with van der Waals surface area (Å²) >= 11 is 15.2. The number of amides is 1. The maximum absolute atomic E-state index is 11.5. The predicted molar refractivity (Wildman–Crippen MR) is 78.9 cm³/mol. The van der Waals surface area contributed by atoms with Gasteiger partial charge in [-0.2, -0.15) is 0 Å². The summed E-state index contributed by atoms with van der Waals surface area (Å²) in [5.74, 6) is 5.33. The van der Waals surface area contributed by atoms with Crippen molar-refractivity contribution in [1.82, 2.24) is 5.43 Å². The fourth-order valence-electron chi connectivity index (χ4n) is 1.49. The lowest BCUT2D eigenvalue weighted by molar-refractivity contribution is 0.0949. The summed E-state index contributed by atoms with van der Waals surface area (Å²) in [5.41, 5.74) is 2.32. The Labute approximate surface area is 133 Å². The number of nitrogens with one attached hydrogen (secondary N) is 1. The summed E-state index contributed by atoms with van der Waals surface area (Å²) in [5, 5.41) is 0.849. The fraction of sp³-hybridized carbons (Fsp3) is 0.0833. The molecule has 0 atom stereocenters. The Hall–Kier alpha value is -1.21. The molecule has 0 aliphatic rings. The third-order valence-electron chi connectivity index (χ3n) is 2.45. The Kier molecular flexibility index (Phi) is 4.93. The van der Waals surface area contributed by atoms with E-state index in [-0.39, 0.29) is 6.61 Å². The topological polar surface area (TPSA) is 77.5 Å². The van der Waals surface area contributed by atoms with Crippen LogP contribution in [-0.4, -0.2) is 5.91 Å². The molecule has 106 valence electrons. The lowest BCUT2D eigenvalue weighted by Gasteiger charge is -2.09. The van der Waals surface area contributed by atoms with Gasteiger partial charge >= 0.3 is 0 Å². The summed E-state index contributed by atoms with van der Waals surface area (Å²) in [7, 11) is 0. The van der Waals surface area contributed by atoms with Crippen molar-refractivity contribution < 1.29 is 13.9 Å². The molecule has 0 spiro atoms. The number of hydrazine groups is 1. The molecule has 0 fully saturated rings. The zero-order valence-corrected chi connectivity index (χ0v) is 13.1. The number of halogens is 3. The molecule has 1 heterocycles. The Morgan fingerprint density at radius 1 is 1.40 bits per heavy atom. The number of nitrogen functional groups attached to an aromatic ring is 1. The zero-order chi connectivity index (χ0) is 14.7. The highest BCUT2D eigenvalue weighted by molar-refractivity contribution is 9.10. The van der Waals surface area contributed by atoms with Gasteiger partial charge in [-0.15, -0.1) is 0 Å². The molecule has 1 aromatic heterocycles. The van der Waals surface area contributed by atoms with E-state index in [2.05, 4.69) is 15.9 Å². The summed E-state index contributed by atoms with van der Waals surface area (Å²) in [6, 6.07) is 4.69. The van der Waals surface area contributed by atoms with Crippen LogP contribution in [0.3, 0.4) is 0 Å². The van der Waals surface area contributed by atoms with Gasteiger partial charge in [0.05, 0.1) is 21.9 Å². The van der Waals surface area contributed by atoms with Crippen LogP contribution in [0.25, 0.3) is 0 Å². The van der Waals surface area contributed by atoms with Crippen molar-refractivity contribution in [2.45, 2.75) is 6.61 Å². The number of hydrogen-bond donors (Lipinski definition) is 2. The number of carbonyl (C=O) groups is 1. The first kappa shape index (κ1) is 15.2. The molecular formula is C12H9BrCl2N2O3. The van der Waals surface area contributed by atoms with Crippen molar-refractivity contribution in [1.29, 1.82) is 0 Å². The molecule has 5 nitrogen and oxygen atoms in total. The number of hydrogen-bond acceptors (Lipinski definition) is 4. The largest absolute Gasteiger partial charge is 0.484 e. The van der Waals surface area contributed by atoms with Crippen LogP contribution in [0, 0.1) is 0 Å². The second kappa shape index (κ2) is 6.49. The molecule has 0 aliphatic heterocycles. The van der Waals surface area contributed by atoms with Crippen LogP contribution in [0.1, 0.15) is 16.1 Å². The molecule has 1 amide bonds. The van der Waals surface area contributed by atoms with Crippen LogP contribution in [0.2, 0.25) is 10.0 Å². The van der Waals surface area contributed by atoms with E-state index in [0.717, 1.165) is 0 Å². The molecule has 3 N–H and O–H groups in total. The van der Waals surface area contributed by atoms with Gasteiger partial charge in [-0.1, -0.05) is 23.2 Å². The second-order valence-corrected chi connectivity index (χ2v) is 5.39. The van der Waals surface area contributed by atoms with E-state index in [0.29, 0.717) is 31.6 Å². The molecule has 1 aromatic carbocycles. The van der Waals surface area contributed by atoms with Crippen LogP contribution in [0.15, 0.2) is 33.4 Å². The molecule has 2 rings (SSSR count). The molecule has 0 aliphatic carbocycles. The van der Waals surface area contributed by atoms with Crippen molar-refractivity contribution in [2.75, 3.05) is 0 Å². The Morgan fingerprint density at radius 2 is 2.15 bits per heavy atom. The number of rotatable bonds is 4. The summed E-state index contributed by atoms with van der Waals surface area (Å²) < 4.78 is 11.3. The van der Waals surface area contributed by atoms with E-state index >= 15 is 0 Å². The smallest absolute Gasteiger partial charge is 0.268 e. The highest BCUT2D eigenvalue weighted by Crippen LogP contribution is 2.34. The second-order valence-electron chi connectivity index (χ2n) is 3.72. The van der Waals surface area contributed by atoms with Gasteiger partial charge in [0, 0.05) is 10.5 Å². The van der Waals surface area contributed by atoms with Gasteiger partial charge in [-0.05, 0) is 28.1 Å². The van der Waals surface area contributed by atoms with E-state index in [4.69, 9.17) is 38.2 Å². The Bertz CT molecular complexity index is 646. The molecule has 0 bridgehead atoms. The minimum Gasteiger partial charge on any atom is -0.484 e. The minimum atomic E-state index is -0.461. The molecule has 0 radical (unpaired) electrons. The highest BCUT2D eigenvalue weighted by Gasteiger charge is 2.15. The van der Waals surface area contributed by atoms with Gasteiger partial charge in [-0.3, -0.25) is 10.2 Å². The summed E-state index contributed by atoms with van der Waals surface area (Å²) in [6.07, 6.45) is 1.37. The first-order valence-electron chi connectivity index (χ1n) is 5.37. The Morgan fingerprint density at radius 3 is 2.85 bits per heavy atom. The van der Waals surface area contributed by atoms with E-state index in [9.17, 15) is 4.79 Å². The number of furan rings is 1. The van der Waals surface area contributed by atoms with Crippen LogP contribution in [-0.2, 0) is 6.61 Å². The monoisotopic (exact) mass is 378 g/mol. The highest BCUT2D eigenvalue weighted by atomic mass is 79.9. The first-order valence-corrected chi connectivity index (χ1v) is 6.92. The predicted octanol–water partition coefficient (Wildman–Crippen LogP) is 3.53. The van der Waals surface area contributed by atoms with E-state index in [1.165, 1.54) is 12.3 Å². The van der Waals surface area contributed by atoms with Crippen LogP contribution in [0.5, 0.6) is 5.75 Å². The van der Waals surface area contributed by atoms with Crippen molar-refractivity contribution >= 4 is 45.0 Å². The zero-order valence-electron chi connectivity index (χ0n) is 9.95. The van der Waals surface area contributed by atoms with Gasteiger partial charge in [0.15, 0.2) is 5.76 Å². The van der Waals surface area contributed by atoms with Gasteiger partial charge in [0.2, 0.25) is 0 Å². The number of nitrogens with two attached hydrogens (primary N) is 1. The third-order valence-corrected chi connectivity index (χ3v) is 3.95. The number of benzene rings is 1. The minimum absolute atomic E-state index is 0.0213. The lowest BCUT2D eigenvalue weighted by Crippen LogP contribution is -2.30. The molecule has 20 heavy (non-hydrogen) atoms. The molecule has 0 unspecified atom stereocenters. The average molecular weight is 380 g/mol. The first-order chi connectivity index (χ1) is 9.52. The Balaban J connectivity index is 2.15. The van der Waals surface area contributed by atoms with Crippen LogP contribution in [0.4, 0.5) is 0 Å². The van der Waals surface area contributed by atoms with Crippen molar-refractivity contribution in [3.05, 3.63) is 50.3 Å². The number of carbonyl (C=O) groups excluding carboxylic acids is 1. The number of ether oxygens (including phenoxy) is 1. The third kappa shape index (κ3) is 3.27. The molecule has 2 aromatic rings. The molecule has 0 saturated carbocycles. The quantitative estimate of drug-likeness (QED) is 0.368. The maximum Gasteiger partial charge on any atom is 0.268 e. The van der Waals surface area contributed by atoms with E-state index in [1.54, 1.807) is 12.1 Å². The standard InChI is InChI=1S/C12H9BrCl2N2O3/c13-7-3-9(15)10(4-8(7)14)20-5-11-6(1-2-19-11)12(18)17-16/h1-4H,5,16H2,(H,17,18). The van der Waals surface area contributed by atoms with Crippen molar-refractivity contribution in [3.8, 4) is 5.75 Å². The van der Waals surface area contributed by atoms with Crippen LogP contribution < -0.4 is 16.0 Å². The van der Waals surface area contributed by atoms with E-state index < -0.39 is 5.91 Å². The molecular weight excluding hydrogens is 371 g/mol. The fourth-order valence-corrected chi connectivity index (χ4v) is 2.34. The summed E-state index contributed by atoms with van der Waals surface area (Å²) in [4.78, 5) is 11.5. The molecule has 8 heteroatoms. The SMILES string of the molecule is NNC(=O)c1ccoc1COc1cc(Cl)c(Br)cc1Cl. The normalized spacial score (nSPS) is 10.4. The summed E-state index contributed by atoms with van der Waals surface area (Å²) in [6.45, 7) is 0.0213.